The summed E-state index contributed by atoms with van der Waals surface area (Å²) in [6.45, 7) is 5.33. The van der Waals surface area contributed by atoms with Gasteiger partial charge in [0.2, 0.25) is 0 Å². The van der Waals surface area contributed by atoms with Crippen LogP contribution in [0.25, 0.3) is 10.3 Å². The third kappa shape index (κ3) is 5.11. The van der Waals surface area contributed by atoms with Crippen molar-refractivity contribution >= 4 is 44.1 Å². The van der Waals surface area contributed by atoms with Crippen molar-refractivity contribution in [2.24, 2.45) is 0 Å². The molecule has 0 aliphatic carbocycles. The van der Waals surface area contributed by atoms with Crippen molar-refractivity contribution in [1.82, 2.24) is 24.8 Å². The van der Waals surface area contributed by atoms with Gasteiger partial charge in [-0.2, -0.15) is 0 Å². The van der Waals surface area contributed by atoms with E-state index in [1.54, 1.807) is 12.1 Å². The van der Waals surface area contributed by atoms with Crippen LogP contribution in [-0.2, 0) is 6.54 Å². The highest BCUT2D eigenvalue weighted by Crippen LogP contribution is 2.30. The highest BCUT2D eigenvalue weighted by atomic mass is 32.1. The molecular formula is C24H26FN7S. The third-order valence-corrected chi connectivity index (χ3v) is 6.74. The lowest BCUT2D eigenvalue weighted by atomic mass is 10.2. The molecule has 5 rings (SSSR count). The Morgan fingerprint density at radius 3 is 2.52 bits per heavy atom. The van der Waals surface area contributed by atoms with E-state index in [1.807, 2.05) is 36.3 Å². The predicted molar refractivity (Wildman–Crippen MR) is 132 cm³/mol. The number of nitrogens with one attached hydrogen (secondary N) is 1. The second kappa shape index (κ2) is 9.38. The van der Waals surface area contributed by atoms with Crippen LogP contribution in [0.3, 0.4) is 0 Å². The van der Waals surface area contributed by atoms with Gasteiger partial charge < -0.3 is 15.1 Å². The van der Waals surface area contributed by atoms with Crippen LogP contribution in [0.5, 0.6) is 0 Å². The standard InChI is InChI=1S/C24H26FN7S/c1-30-11-13-32(14-12-30)16-17-3-9-21(26-15-17)28-24-27-20-8-10-22(29-23(20)33-24)31(2)19-6-4-18(25)5-7-19/h3-10,15H,11-14,16H2,1-2H3,(H,26,27,28). The maximum atomic E-state index is 13.2. The minimum Gasteiger partial charge on any atom is -0.329 e. The fourth-order valence-corrected chi connectivity index (χ4v) is 4.65. The number of benzene rings is 1. The van der Waals surface area contributed by atoms with E-state index < -0.39 is 0 Å². The molecule has 0 bridgehead atoms. The van der Waals surface area contributed by atoms with E-state index in [0.29, 0.717) is 0 Å². The zero-order valence-corrected chi connectivity index (χ0v) is 19.5. The Morgan fingerprint density at radius 1 is 1.00 bits per heavy atom. The number of nitrogens with zero attached hydrogens (tertiary/aromatic N) is 6. The van der Waals surface area contributed by atoms with Crippen molar-refractivity contribution in [3.05, 3.63) is 66.1 Å². The Hall–Kier alpha value is -3.14. The zero-order valence-electron chi connectivity index (χ0n) is 18.7. The van der Waals surface area contributed by atoms with Gasteiger partial charge in [-0.25, -0.2) is 19.3 Å². The van der Waals surface area contributed by atoms with Crippen LogP contribution in [0.15, 0.2) is 54.7 Å². The van der Waals surface area contributed by atoms with Crippen molar-refractivity contribution in [3.63, 3.8) is 0 Å². The summed E-state index contributed by atoms with van der Waals surface area (Å²) in [4.78, 5) is 21.5. The summed E-state index contributed by atoms with van der Waals surface area (Å²) in [7, 11) is 4.08. The molecule has 1 aromatic carbocycles. The van der Waals surface area contributed by atoms with E-state index in [1.165, 1.54) is 29.0 Å². The van der Waals surface area contributed by atoms with Gasteiger partial charge in [-0.3, -0.25) is 4.90 Å². The first-order chi connectivity index (χ1) is 16.0. The van der Waals surface area contributed by atoms with Gasteiger partial charge in [-0.1, -0.05) is 17.4 Å². The van der Waals surface area contributed by atoms with Crippen LogP contribution in [0, 0.1) is 5.82 Å². The molecule has 0 radical (unpaired) electrons. The highest BCUT2D eigenvalue weighted by molar-refractivity contribution is 7.21. The molecule has 33 heavy (non-hydrogen) atoms. The Labute approximate surface area is 196 Å². The van der Waals surface area contributed by atoms with Gasteiger partial charge in [0.15, 0.2) is 5.13 Å². The number of piperazine rings is 1. The summed E-state index contributed by atoms with van der Waals surface area (Å²) in [5, 5.41) is 4.05. The number of halogens is 1. The minimum atomic E-state index is -0.255. The number of aromatic nitrogens is 3. The Morgan fingerprint density at radius 2 is 1.79 bits per heavy atom. The highest BCUT2D eigenvalue weighted by Gasteiger charge is 2.14. The SMILES string of the molecule is CN1CCN(Cc2ccc(Nc3nc4ccc(N(C)c5ccc(F)cc5)nc4s3)nc2)CC1. The molecule has 3 aromatic heterocycles. The van der Waals surface area contributed by atoms with Crippen molar-refractivity contribution < 1.29 is 4.39 Å². The van der Waals surface area contributed by atoms with Gasteiger partial charge in [0.1, 0.15) is 27.8 Å². The molecule has 1 N–H and O–H groups in total. The number of fused-ring (bicyclic) bond motifs is 1. The molecule has 4 aromatic rings. The van der Waals surface area contributed by atoms with E-state index in [4.69, 9.17) is 4.98 Å². The molecule has 0 unspecified atom stereocenters. The lowest BCUT2D eigenvalue weighted by Crippen LogP contribution is -2.43. The number of anilines is 4. The maximum Gasteiger partial charge on any atom is 0.190 e. The first kappa shape index (κ1) is 21.7. The van der Waals surface area contributed by atoms with Crippen molar-refractivity contribution in [3.8, 4) is 0 Å². The number of hydrogen-bond acceptors (Lipinski definition) is 8. The first-order valence-corrected chi connectivity index (χ1v) is 11.7. The predicted octanol–water partition coefficient (Wildman–Crippen LogP) is 4.48. The second-order valence-electron chi connectivity index (χ2n) is 8.30. The second-order valence-corrected chi connectivity index (χ2v) is 9.28. The molecule has 1 saturated heterocycles. The van der Waals surface area contributed by atoms with Crippen LogP contribution in [0.2, 0.25) is 0 Å². The molecule has 1 fully saturated rings. The number of hydrogen-bond donors (Lipinski definition) is 1. The van der Waals surface area contributed by atoms with Gasteiger partial charge in [-0.05, 0) is 55.1 Å². The lowest BCUT2D eigenvalue weighted by Gasteiger charge is -2.32. The number of rotatable bonds is 6. The average Bonchev–Trinajstić information content (AvgIpc) is 3.23. The maximum absolute atomic E-state index is 13.2. The van der Waals surface area contributed by atoms with E-state index in [-0.39, 0.29) is 5.82 Å². The number of pyridine rings is 2. The van der Waals surface area contributed by atoms with Crippen LogP contribution >= 0.6 is 11.3 Å². The van der Waals surface area contributed by atoms with Gasteiger partial charge in [0.05, 0.1) is 0 Å². The quantitative estimate of drug-likeness (QED) is 0.452. The van der Waals surface area contributed by atoms with E-state index in [0.717, 1.165) is 65.5 Å². The Kier molecular flexibility index (Phi) is 6.17. The summed E-state index contributed by atoms with van der Waals surface area (Å²) in [6, 6.07) is 14.4. The smallest absolute Gasteiger partial charge is 0.190 e. The molecular weight excluding hydrogens is 437 g/mol. The van der Waals surface area contributed by atoms with Crippen LogP contribution in [0.1, 0.15) is 5.56 Å². The van der Waals surface area contributed by atoms with Crippen molar-refractivity contribution in [2.45, 2.75) is 6.54 Å². The summed E-state index contributed by atoms with van der Waals surface area (Å²) >= 11 is 1.48. The van der Waals surface area contributed by atoms with Gasteiger partial charge >= 0.3 is 0 Å². The molecule has 0 saturated carbocycles. The third-order valence-electron chi connectivity index (χ3n) is 5.86. The molecule has 0 amide bonds. The van der Waals surface area contributed by atoms with Crippen molar-refractivity contribution in [2.75, 3.05) is 50.5 Å². The summed E-state index contributed by atoms with van der Waals surface area (Å²) in [5.41, 5.74) is 2.90. The van der Waals surface area contributed by atoms with Gasteiger partial charge in [-0.15, -0.1) is 0 Å². The van der Waals surface area contributed by atoms with Gasteiger partial charge in [0, 0.05) is 51.7 Å². The van der Waals surface area contributed by atoms with Crippen LogP contribution in [0.4, 0.5) is 26.8 Å². The Bertz CT molecular complexity index is 1220. The molecule has 1 aliphatic rings. The number of thiazole rings is 1. The van der Waals surface area contributed by atoms with Crippen LogP contribution in [-0.4, -0.2) is 65.0 Å². The van der Waals surface area contributed by atoms with Gasteiger partial charge in [0.25, 0.3) is 0 Å². The molecule has 170 valence electrons. The fraction of sp³-hybridized carbons (Fsp3) is 0.292. The largest absolute Gasteiger partial charge is 0.329 e. The molecule has 1 aliphatic heterocycles. The van der Waals surface area contributed by atoms with E-state index in [9.17, 15) is 4.39 Å². The molecule has 0 atom stereocenters. The van der Waals surface area contributed by atoms with E-state index in [2.05, 4.69) is 38.2 Å². The topological polar surface area (TPSA) is 60.4 Å². The number of likely N-dealkylation sites (N-methyl/N-ethyl adjacent to an activating group) is 1. The molecule has 0 spiro atoms. The monoisotopic (exact) mass is 463 g/mol. The normalized spacial score (nSPS) is 15.1. The molecule has 7 nitrogen and oxygen atoms in total. The fourth-order valence-electron chi connectivity index (χ4n) is 3.81. The van der Waals surface area contributed by atoms with Crippen molar-refractivity contribution in [1.29, 1.82) is 0 Å². The zero-order chi connectivity index (χ0) is 22.8. The molecule has 4 heterocycles. The summed E-state index contributed by atoms with van der Waals surface area (Å²) in [5.74, 6) is 1.28. The summed E-state index contributed by atoms with van der Waals surface area (Å²) < 4.78 is 13.2. The van der Waals surface area contributed by atoms with E-state index >= 15 is 0 Å². The minimum absolute atomic E-state index is 0.255. The first-order valence-electron chi connectivity index (χ1n) is 10.9. The average molecular weight is 464 g/mol. The lowest BCUT2D eigenvalue weighted by molar-refractivity contribution is 0.148. The Balaban J connectivity index is 1.26. The molecule has 9 heteroatoms. The summed E-state index contributed by atoms with van der Waals surface area (Å²) in [6.07, 6.45) is 1.93. The van der Waals surface area contributed by atoms with Crippen LogP contribution < -0.4 is 10.2 Å².